The Labute approximate surface area is 310 Å². The molecule has 0 unspecified atom stereocenters. The molecule has 2 aromatic carbocycles. The van der Waals surface area contributed by atoms with E-state index < -0.39 is 11.8 Å². The molecule has 8 rings (SSSR count). The van der Waals surface area contributed by atoms with Crippen LogP contribution in [-0.2, 0) is 4.79 Å². The minimum atomic E-state index is -0.588. The van der Waals surface area contributed by atoms with Gasteiger partial charge in [0.2, 0.25) is 11.9 Å². The molecular weight excluding hydrogens is 692 g/mol. The Morgan fingerprint density at radius 2 is 1.39 bits per heavy atom. The fourth-order valence-corrected chi connectivity index (χ4v) is 6.08. The van der Waals surface area contributed by atoms with Gasteiger partial charge in [0, 0.05) is 69.0 Å². The third kappa shape index (κ3) is 8.38. The molecule has 280 valence electrons. The van der Waals surface area contributed by atoms with E-state index in [-0.39, 0.29) is 23.5 Å². The summed E-state index contributed by atoms with van der Waals surface area (Å²) in [5.74, 6) is 0.255. The molecular formula is C36H42N14O4. The Morgan fingerprint density at radius 3 is 1.98 bits per heavy atom. The standard InChI is InChI=1S/C21H27N7O2.C15H15N7O2/c1-14(29)27-9-11-28(12-10-27)17-7-5-16(6-8-17)25-21-23-13-18(19(22)30)20(26-21)24-15-3-2-4-15;16-13(23)10-8-17-15(19-14(10)18-9-4-3-5-9)24-22-12-7-2-1-6-11(12)20-21-22/h5-8,13,15H,2-4,9-12H2,1H3,(H2,22,30)(H2,23,24,25,26);1-2,6-9H,3-5H2,(H2,16,23)(H,17,18,19). The summed E-state index contributed by atoms with van der Waals surface area (Å²) in [5.41, 5.74) is 14.7. The van der Waals surface area contributed by atoms with E-state index in [1.165, 1.54) is 23.7 Å². The van der Waals surface area contributed by atoms with Crippen LogP contribution in [0.2, 0.25) is 0 Å². The molecule has 0 spiro atoms. The fourth-order valence-electron chi connectivity index (χ4n) is 6.08. The summed E-state index contributed by atoms with van der Waals surface area (Å²) in [6.45, 7) is 4.74. The molecule has 0 atom stereocenters. The van der Waals surface area contributed by atoms with E-state index >= 15 is 0 Å². The molecule has 54 heavy (non-hydrogen) atoms. The number of nitrogens with zero attached hydrogens (tertiary/aromatic N) is 9. The van der Waals surface area contributed by atoms with Gasteiger partial charge in [0.15, 0.2) is 0 Å². The van der Waals surface area contributed by atoms with Crippen molar-refractivity contribution in [3.05, 3.63) is 72.1 Å². The number of carbonyl (C=O) groups is 3. The predicted molar refractivity (Wildman–Crippen MR) is 201 cm³/mol. The number of fused-ring (bicyclic) bond motifs is 1. The third-order valence-electron chi connectivity index (χ3n) is 9.68. The van der Waals surface area contributed by atoms with Gasteiger partial charge in [-0.05, 0) is 80.1 Å². The van der Waals surface area contributed by atoms with Crippen molar-refractivity contribution in [2.45, 2.75) is 57.5 Å². The van der Waals surface area contributed by atoms with Gasteiger partial charge in [0.25, 0.3) is 11.8 Å². The maximum absolute atomic E-state index is 11.7. The van der Waals surface area contributed by atoms with Crippen molar-refractivity contribution in [1.29, 1.82) is 0 Å². The minimum absolute atomic E-state index is 0.0532. The first-order valence-electron chi connectivity index (χ1n) is 17.9. The molecule has 0 bridgehead atoms. The lowest BCUT2D eigenvalue weighted by atomic mass is 9.93. The molecule has 5 aromatic rings. The highest BCUT2D eigenvalue weighted by Crippen LogP contribution is 2.27. The van der Waals surface area contributed by atoms with Gasteiger partial charge in [0.05, 0.1) is 5.56 Å². The summed E-state index contributed by atoms with van der Waals surface area (Å²) in [4.78, 5) is 62.6. The topological polar surface area (TPSA) is 237 Å². The Kier molecular flexibility index (Phi) is 10.6. The molecule has 1 aliphatic heterocycles. The first-order valence-corrected chi connectivity index (χ1v) is 17.9. The fraction of sp³-hybridized carbons (Fsp3) is 0.361. The van der Waals surface area contributed by atoms with Crippen molar-refractivity contribution < 1.29 is 19.2 Å². The zero-order valence-corrected chi connectivity index (χ0v) is 29.8. The van der Waals surface area contributed by atoms with Crippen LogP contribution in [0.4, 0.5) is 29.0 Å². The molecule has 3 fully saturated rings. The molecule has 0 radical (unpaired) electrons. The molecule has 3 amide bonds. The second-order valence-corrected chi connectivity index (χ2v) is 13.4. The number of hydrogen-bond donors (Lipinski definition) is 5. The SMILES string of the molecule is CC(=O)N1CCN(c2ccc(Nc3ncc(C(N)=O)c(NC4CCC4)n3)cc2)CC1.NC(=O)c1cnc(On2nnc3ccccc32)nc1NC1CCC1. The first kappa shape index (κ1) is 35.8. The highest BCUT2D eigenvalue weighted by atomic mass is 16.7. The van der Waals surface area contributed by atoms with Gasteiger partial charge in [-0.3, -0.25) is 14.4 Å². The van der Waals surface area contributed by atoms with Crippen LogP contribution >= 0.6 is 0 Å². The molecule has 1 saturated heterocycles. The Morgan fingerprint density at radius 1 is 0.778 bits per heavy atom. The number of aromatic nitrogens is 7. The van der Waals surface area contributed by atoms with E-state index in [4.69, 9.17) is 16.3 Å². The monoisotopic (exact) mass is 734 g/mol. The van der Waals surface area contributed by atoms with Gasteiger partial charge in [-0.2, -0.15) is 9.97 Å². The number of carbonyl (C=O) groups excluding carboxylic acids is 3. The summed E-state index contributed by atoms with van der Waals surface area (Å²) in [6, 6.07) is 16.0. The average Bonchev–Trinajstić information content (AvgIpc) is 3.54. The van der Waals surface area contributed by atoms with Crippen molar-refractivity contribution in [1.82, 2.24) is 40.0 Å². The lowest BCUT2D eigenvalue weighted by Crippen LogP contribution is -2.48. The van der Waals surface area contributed by atoms with Crippen LogP contribution in [0.15, 0.2) is 60.9 Å². The van der Waals surface area contributed by atoms with E-state index in [0.29, 0.717) is 40.2 Å². The number of benzene rings is 2. The van der Waals surface area contributed by atoms with Gasteiger partial charge >= 0.3 is 6.01 Å². The summed E-state index contributed by atoms with van der Waals surface area (Å²) in [7, 11) is 0. The van der Waals surface area contributed by atoms with Crippen molar-refractivity contribution in [2.24, 2.45) is 11.5 Å². The molecule has 18 heteroatoms. The molecule has 3 aliphatic rings. The van der Waals surface area contributed by atoms with Crippen molar-refractivity contribution >= 4 is 57.7 Å². The number of hydrogen-bond acceptors (Lipinski definition) is 14. The highest BCUT2D eigenvalue weighted by molar-refractivity contribution is 5.98. The van der Waals surface area contributed by atoms with Crippen LogP contribution in [0.1, 0.15) is 66.2 Å². The number of anilines is 5. The summed E-state index contributed by atoms with van der Waals surface area (Å²) < 4.78 is 0. The number of rotatable bonds is 11. The second-order valence-electron chi connectivity index (χ2n) is 13.4. The van der Waals surface area contributed by atoms with E-state index in [0.717, 1.165) is 69.7 Å². The Balaban J connectivity index is 0.000000171. The summed E-state index contributed by atoms with van der Waals surface area (Å²) in [5, 5.41) is 17.6. The van der Waals surface area contributed by atoms with Crippen LogP contribution in [0, 0.1) is 0 Å². The number of primary amides is 2. The number of nitrogens with two attached hydrogens (primary N) is 2. The zero-order valence-electron chi connectivity index (χ0n) is 29.8. The van der Waals surface area contributed by atoms with Crippen LogP contribution in [0.3, 0.4) is 0 Å². The summed E-state index contributed by atoms with van der Waals surface area (Å²) in [6.07, 6.45) is 9.34. The van der Waals surface area contributed by atoms with E-state index in [1.807, 2.05) is 53.4 Å². The van der Waals surface area contributed by atoms with Crippen molar-refractivity contribution in [3.63, 3.8) is 0 Å². The van der Waals surface area contributed by atoms with Crippen molar-refractivity contribution in [3.8, 4) is 6.01 Å². The molecule has 2 aliphatic carbocycles. The lowest BCUT2D eigenvalue weighted by Gasteiger charge is -2.35. The van der Waals surface area contributed by atoms with Gasteiger partial charge in [-0.15, -0.1) is 5.10 Å². The molecule has 3 aromatic heterocycles. The maximum Gasteiger partial charge on any atom is 0.347 e. The van der Waals surface area contributed by atoms with E-state index in [1.54, 1.807) is 6.92 Å². The van der Waals surface area contributed by atoms with E-state index in [9.17, 15) is 14.4 Å². The van der Waals surface area contributed by atoms with Gasteiger partial charge in [-0.1, -0.05) is 17.0 Å². The Bertz CT molecular complexity index is 2130. The number of piperazine rings is 1. The average molecular weight is 735 g/mol. The normalized spacial score (nSPS) is 15.6. The van der Waals surface area contributed by atoms with Gasteiger partial charge < -0.3 is 42.1 Å². The smallest absolute Gasteiger partial charge is 0.347 e. The molecule has 18 nitrogen and oxygen atoms in total. The zero-order chi connectivity index (χ0) is 37.6. The molecule has 4 heterocycles. The van der Waals surface area contributed by atoms with Gasteiger partial charge in [0.1, 0.15) is 28.2 Å². The van der Waals surface area contributed by atoms with Crippen LogP contribution in [0.25, 0.3) is 11.0 Å². The third-order valence-corrected chi connectivity index (χ3v) is 9.68. The van der Waals surface area contributed by atoms with Crippen LogP contribution in [-0.4, -0.2) is 96.0 Å². The maximum atomic E-state index is 11.7. The lowest BCUT2D eigenvalue weighted by molar-refractivity contribution is -0.129. The highest BCUT2D eigenvalue weighted by Gasteiger charge is 2.23. The number of para-hydroxylation sites is 1. The van der Waals surface area contributed by atoms with Crippen molar-refractivity contribution in [2.75, 3.05) is 47.0 Å². The van der Waals surface area contributed by atoms with Crippen LogP contribution < -0.4 is 37.2 Å². The summed E-state index contributed by atoms with van der Waals surface area (Å²) >= 11 is 0. The molecule has 7 N–H and O–H groups in total. The quantitative estimate of drug-likeness (QED) is 0.131. The minimum Gasteiger partial charge on any atom is -0.368 e. The van der Waals surface area contributed by atoms with E-state index in [2.05, 4.69) is 51.1 Å². The van der Waals surface area contributed by atoms with Crippen LogP contribution in [0.5, 0.6) is 6.01 Å². The number of amides is 3. The van der Waals surface area contributed by atoms with Gasteiger partial charge in [-0.25, -0.2) is 9.97 Å². The molecule has 2 saturated carbocycles. The number of nitrogens with one attached hydrogen (secondary N) is 3. The second kappa shape index (κ2) is 16.0. The Hall–Kier alpha value is -6.59. The largest absolute Gasteiger partial charge is 0.368 e. The first-order chi connectivity index (χ1) is 26.2. The predicted octanol–water partition coefficient (Wildman–Crippen LogP) is 3.08.